The van der Waals surface area contributed by atoms with Crippen molar-refractivity contribution in [2.45, 2.75) is 31.8 Å². The van der Waals surface area contributed by atoms with Gasteiger partial charge >= 0.3 is 0 Å². The highest BCUT2D eigenvalue weighted by molar-refractivity contribution is 9.10. The third-order valence-electron chi connectivity index (χ3n) is 3.56. The monoisotopic (exact) mass is 297 g/mol. The van der Waals surface area contributed by atoms with Gasteiger partial charge in [0.2, 0.25) is 0 Å². The van der Waals surface area contributed by atoms with E-state index in [1.54, 1.807) is 0 Å². The summed E-state index contributed by atoms with van der Waals surface area (Å²) in [5.41, 5.74) is 7.67. The van der Waals surface area contributed by atoms with Crippen molar-refractivity contribution in [1.29, 1.82) is 0 Å². The van der Waals surface area contributed by atoms with Gasteiger partial charge in [0.1, 0.15) is 0 Å². The zero-order valence-corrected chi connectivity index (χ0v) is 12.0. The number of likely N-dealkylation sites (tertiary alicyclic amines) is 1. The molecule has 4 heteroatoms. The van der Waals surface area contributed by atoms with Crippen LogP contribution in [0.1, 0.15) is 19.8 Å². The van der Waals surface area contributed by atoms with Gasteiger partial charge in [-0.25, -0.2) is 0 Å². The van der Waals surface area contributed by atoms with Crippen LogP contribution in [0, 0.1) is 0 Å². The predicted molar refractivity (Wildman–Crippen MR) is 77.3 cm³/mol. The molecule has 1 aromatic rings. The predicted octanol–water partition coefficient (Wildman–Crippen LogP) is 2.93. The second kappa shape index (κ2) is 5.27. The van der Waals surface area contributed by atoms with Crippen molar-refractivity contribution in [2.24, 2.45) is 0 Å². The summed E-state index contributed by atoms with van der Waals surface area (Å²) >= 11 is 3.55. The van der Waals surface area contributed by atoms with Crippen LogP contribution < -0.4 is 11.1 Å². The molecule has 0 amide bonds. The molecule has 0 aromatic heterocycles. The fourth-order valence-corrected chi connectivity index (χ4v) is 2.80. The molecule has 3 N–H and O–H groups in total. The van der Waals surface area contributed by atoms with E-state index in [9.17, 15) is 0 Å². The second-order valence-corrected chi connectivity index (χ2v) is 5.79. The molecular weight excluding hydrogens is 278 g/mol. The van der Waals surface area contributed by atoms with Crippen LogP contribution in [0.25, 0.3) is 0 Å². The van der Waals surface area contributed by atoms with Crippen LogP contribution in [-0.2, 0) is 0 Å². The third kappa shape index (κ3) is 3.13. The number of anilines is 2. The fraction of sp³-hybridized carbons (Fsp3) is 0.538. The zero-order valence-electron chi connectivity index (χ0n) is 10.4. The molecule has 17 heavy (non-hydrogen) atoms. The van der Waals surface area contributed by atoms with E-state index in [-0.39, 0.29) is 0 Å². The van der Waals surface area contributed by atoms with Crippen LogP contribution in [0.2, 0.25) is 0 Å². The summed E-state index contributed by atoms with van der Waals surface area (Å²) in [6, 6.07) is 7.13. The molecule has 3 nitrogen and oxygen atoms in total. The highest BCUT2D eigenvalue weighted by Crippen LogP contribution is 2.27. The van der Waals surface area contributed by atoms with Crippen molar-refractivity contribution in [3.63, 3.8) is 0 Å². The van der Waals surface area contributed by atoms with Gasteiger partial charge in [-0.1, -0.05) is 0 Å². The lowest BCUT2D eigenvalue weighted by Crippen LogP contribution is -2.42. The summed E-state index contributed by atoms with van der Waals surface area (Å²) in [5.74, 6) is 0. The first kappa shape index (κ1) is 12.7. The summed E-state index contributed by atoms with van der Waals surface area (Å²) in [6.07, 6.45) is 2.38. The first-order valence-corrected chi connectivity index (χ1v) is 6.87. The van der Waals surface area contributed by atoms with Gasteiger partial charge in [0.15, 0.2) is 0 Å². The number of halogens is 1. The topological polar surface area (TPSA) is 41.3 Å². The number of hydrogen-bond donors (Lipinski definition) is 2. The molecule has 2 unspecified atom stereocenters. The number of rotatable bonds is 2. The van der Waals surface area contributed by atoms with Gasteiger partial charge in [0, 0.05) is 34.5 Å². The molecule has 1 aromatic carbocycles. The molecule has 0 radical (unpaired) electrons. The van der Waals surface area contributed by atoms with Crippen molar-refractivity contribution >= 4 is 27.3 Å². The second-order valence-electron chi connectivity index (χ2n) is 4.93. The van der Waals surface area contributed by atoms with Crippen LogP contribution >= 0.6 is 15.9 Å². The maximum atomic E-state index is 5.74. The highest BCUT2D eigenvalue weighted by Gasteiger charge is 2.22. The molecule has 0 saturated carbocycles. The smallest absolute Gasteiger partial charge is 0.0488 e. The summed E-state index contributed by atoms with van der Waals surface area (Å²) in [7, 11) is 2.19. The van der Waals surface area contributed by atoms with E-state index in [4.69, 9.17) is 5.73 Å². The number of nitrogens with zero attached hydrogens (tertiary/aromatic N) is 1. The molecule has 0 bridgehead atoms. The highest BCUT2D eigenvalue weighted by atomic mass is 79.9. The van der Waals surface area contributed by atoms with Crippen LogP contribution in [0.4, 0.5) is 11.4 Å². The van der Waals surface area contributed by atoms with Crippen molar-refractivity contribution in [1.82, 2.24) is 4.90 Å². The van der Waals surface area contributed by atoms with Crippen molar-refractivity contribution in [3.05, 3.63) is 22.7 Å². The number of nitrogens with two attached hydrogens (primary N) is 1. The Balaban J connectivity index is 2.01. The Morgan fingerprint density at radius 3 is 2.88 bits per heavy atom. The molecule has 2 rings (SSSR count). The SMILES string of the molecule is CC1CC(Nc2ccc(N)cc2Br)CCN1C. The lowest BCUT2D eigenvalue weighted by Gasteiger charge is -2.36. The average molecular weight is 298 g/mol. The maximum absolute atomic E-state index is 5.74. The summed E-state index contributed by atoms with van der Waals surface area (Å²) < 4.78 is 1.05. The molecule has 0 aliphatic carbocycles. The molecule has 1 fully saturated rings. The molecule has 1 saturated heterocycles. The fourth-order valence-electron chi connectivity index (χ4n) is 2.29. The summed E-state index contributed by atoms with van der Waals surface area (Å²) in [6.45, 7) is 3.44. The van der Waals surface area contributed by atoms with Crippen molar-refractivity contribution < 1.29 is 0 Å². The Hall–Kier alpha value is -0.740. The van der Waals surface area contributed by atoms with E-state index in [2.05, 4.69) is 40.1 Å². The Morgan fingerprint density at radius 1 is 1.47 bits per heavy atom. The van der Waals surface area contributed by atoms with Gasteiger partial charge in [0.05, 0.1) is 0 Å². The van der Waals surface area contributed by atoms with Crippen molar-refractivity contribution in [3.8, 4) is 0 Å². The number of nitrogens with one attached hydrogen (secondary N) is 1. The number of hydrogen-bond acceptors (Lipinski definition) is 3. The lowest BCUT2D eigenvalue weighted by molar-refractivity contribution is 0.190. The van der Waals surface area contributed by atoms with Gasteiger partial charge < -0.3 is 16.0 Å². The van der Waals surface area contributed by atoms with Crippen LogP contribution in [0.5, 0.6) is 0 Å². The number of benzene rings is 1. The molecule has 1 heterocycles. The van der Waals surface area contributed by atoms with E-state index >= 15 is 0 Å². The number of nitrogen functional groups attached to an aromatic ring is 1. The normalized spacial score (nSPS) is 25.8. The van der Waals surface area contributed by atoms with Crippen molar-refractivity contribution in [2.75, 3.05) is 24.6 Å². The molecular formula is C13H20BrN3. The zero-order chi connectivity index (χ0) is 12.4. The van der Waals surface area contributed by atoms with Crippen LogP contribution in [0.3, 0.4) is 0 Å². The maximum Gasteiger partial charge on any atom is 0.0488 e. The Morgan fingerprint density at radius 2 is 2.24 bits per heavy atom. The molecule has 94 valence electrons. The Bertz CT molecular complexity index is 394. The molecule has 0 spiro atoms. The minimum absolute atomic E-state index is 0.557. The minimum Gasteiger partial charge on any atom is -0.399 e. The third-order valence-corrected chi connectivity index (χ3v) is 4.22. The largest absolute Gasteiger partial charge is 0.399 e. The quantitative estimate of drug-likeness (QED) is 0.825. The first-order valence-electron chi connectivity index (χ1n) is 6.08. The number of piperidine rings is 1. The molecule has 2 atom stereocenters. The Kier molecular flexibility index (Phi) is 3.94. The van der Waals surface area contributed by atoms with Gasteiger partial charge in [-0.15, -0.1) is 0 Å². The van der Waals surface area contributed by atoms with E-state index in [1.165, 1.54) is 12.8 Å². The van der Waals surface area contributed by atoms with E-state index in [0.717, 1.165) is 22.4 Å². The standard InChI is InChI=1S/C13H20BrN3/c1-9-7-11(5-6-17(9)2)16-13-4-3-10(15)8-12(13)14/h3-4,8-9,11,16H,5-7,15H2,1-2H3. The summed E-state index contributed by atoms with van der Waals surface area (Å²) in [4.78, 5) is 2.41. The molecule has 1 aliphatic heterocycles. The van der Waals surface area contributed by atoms with Crippen LogP contribution in [0.15, 0.2) is 22.7 Å². The summed E-state index contributed by atoms with van der Waals surface area (Å²) in [5, 5.41) is 3.60. The Labute approximate surface area is 111 Å². The van der Waals surface area contributed by atoms with E-state index in [1.807, 2.05) is 18.2 Å². The minimum atomic E-state index is 0.557. The lowest BCUT2D eigenvalue weighted by atomic mass is 9.98. The van der Waals surface area contributed by atoms with E-state index in [0.29, 0.717) is 12.1 Å². The van der Waals surface area contributed by atoms with Gasteiger partial charge in [0.25, 0.3) is 0 Å². The van der Waals surface area contributed by atoms with Gasteiger partial charge in [-0.3, -0.25) is 0 Å². The van der Waals surface area contributed by atoms with Crippen LogP contribution in [-0.4, -0.2) is 30.6 Å². The first-order chi connectivity index (χ1) is 8.06. The average Bonchev–Trinajstić information content (AvgIpc) is 2.27. The van der Waals surface area contributed by atoms with Gasteiger partial charge in [-0.2, -0.15) is 0 Å². The van der Waals surface area contributed by atoms with E-state index < -0.39 is 0 Å². The van der Waals surface area contributed by atoms with Gasteiger partial charge in [-0.05, 0) is 60.9 Å². The molecule has 1 aliphatic rings.